The summed E-state index contributed by atoms with van der Waals surface area (Å²) in [4.78, 5) is 0. The fourth-order valence-corrected chi connectivity index (χ4v) is 3.40. The van der Waals surface area contributed by atoms with Gasteiger partial charge in [0.2, 0.25) is 0 Å². The van der Waals surface area contributed by atoms with Gasteiger partial charge in [0.25, 0.3) is 0 Å². The largest absolute Gasteiger partial charge is 0.388 e. The zero-order valence-corrected chi connectivity index (χ0v) is 16.9. The van der Waals surface area contributed by atoms with Gasteiger partial charge in [0.05, 0.1) is 22.2 Å². The Morgan fingerprint density at radius 1 is 0.815 bits per heavy atom. The Bertz CT molecular complexity index is 909. The lowest BCUT2D eigenvalue weighted by Crippen LogP contribution is -2.15. The van der Waals surface area contributed by atoms with Crippen LogP contribution in [0.25, 0.3) is 0 Å². The second-order valence-corrected chi connectivity index (χ2v) is 7.72. The Kier molecular flexibility index (Phi) is 6.43. The van der Waals surface area contributed by atoms with Crippen LogP contribution < -0.4 is 5.32 Å². The van der Waals surface area contributed by atoms with E-state index in [4.69, 9.17) is 23.2 Å². The summed E-state index contributed by atoms with van der Waals surface area (Å²) in [7, 11) is 0. The molecule has 3 aromatic rings. The van der Waals surface area contributed by atoms with Crippen LogP contribution in [0.1, 0.15) is 40.8 Å². The van der Waals surface area contributed by atoms with E-state index in [-0.39, 0.29) is 6.04 Å². The summed E-state index contributed by atoms with van der Waals surface area (Å²) in [6, 6.07) is 21.6. The van der Waals surface area contributed by atoms with Crippen molar-refractivity contribution in [3.8, 4) is 0 Å². The van der Waals surface area contributed by atoms with E-state index >= 15 is 0 Å². The molecule has 3 aromatic carbocycles. The topological polar surface area (TPSA) is 32.3 Å². The van der Waals surface area contributed by atoms with Gasteiger partial charge in [0, 0.05) is 12.1 Å². The molecule has 0 bridgehead atoms. The molecule has 27 heavy (non-hydrogen) atoms. The highest BCUT2D eigenvalue weighted by Gasteiger charge is 2.19. The third kappa shape index (κ3) is 5.26. The fraction of sp³-hybridized carbons (Fsp3) is 0.217. The van der Waals surface area contributed by atoms with Gasteiger partial charge in [0.1, 0.15) is 0 Å². The number of rotatable bonds is 6. The molecule has 0 saturated carbocycles. The maximum Gasteiger partial charge on any atom is 0.0812 e. The normalized spacial score (nSPS) is 13.2. The molecule has 0 spiro atoms. The predicted octanol–water partition coefficient (Wildman–Crippen LogP) is 6.89. The summed E-state index contributed by atoms with van der Waals surface area (Å²) in [6.45, 7) is 4.09. The molecule has 0 aliphatic rings. The van der Waals surface area contributed by atoms with E-state index in [1.54, 1.807) is 6.07 Å². The summed E-state index contributed by atoms with van der Waals surface area (Å²) in [5.74, 6) is 0. The van der Waals surface area contributed by atoms with Crippen LogP contribution in [0.4, 0.5) is 5.69 Å². The lowest BCUT2D eigenvalue weighted by Gasteiger charge is -2.24. The van der Waals surface area contributed by atoms with Crippen molar-refractivity contribution in [2.24, 2.45) is 0 Å². The maximum absolute atomic E-state index is 10.8. The quantitative estimate of drug-likeness (QED) is 0.472. The van der Waals surface area contributed by atoms with Gasteiger partial charge in [-0.2, -0.15) is 0 Å². The Morgan fingerprint density at radius 2 is 1.52 bits per heavy atom. The third-order valence-corrected chi connectivity index (χ3v) is 5.37. The van der Waals surface area contributed by atoms with Gasteiger partial charge in [-0.15, -0.1) is 0 Å². The van der Waals surface area contributed by atoms with Crippen molar-refractivity contribution < 1.29 is 5.11 Å². The van der Waals surface area contributed by atoms with E-state index < -0.39 is 6.10 Å². The van der Waals surface area contributed by atoms with Crippen molar-refractivity contribution in [2.45, 2.75) is 32.4 Å². The van der Waals surface area contributed by atoms with E-state index in [1.165, 1.54) is 11.1 Å². The molecule has 0 aliphatic heterocycles. The van der Waals surface area contributed by atoms with Gasteiger partial charge in [-0.1, -0.05) is 71.2 Å². The van der Waals surface area contributed by atoms with E-state index in [1.807, 2.05) is 55.5 Å². The molecule has 3 rings (SSSR count). The van der Waals surface area contributed by atoms with Crippen LogP contribution in [0.3, 0.4) is 0 Å². The van der Waals surface area contributed by atoms with E-state index in [2.05, 4.69) is 24.4 Å². The molecule has 4 heteroatoms. The van der Waals surface area contributed by atoms with Crippen molar-refractivity contribution in [3.05, 3.63) is 99.0 Å². The number of aliphatic hydroxyl groups excluding tert-OH is 1. The first kappa shape index (κ1) is 19.8. The van der Waals surface area contributed by atoms with Crippen LogP contribution >= 0.6 is 23.2 Å². The maximum atomic E-state index is 10.8. The molecule has 0 radical (unpaired) electrons. The van der Waals surface area contributed by atoms with Gasteiger partial charge >= 0.3 is 0 Å². The van der Waals surface area contributed by atoms with Crippen LogP contribution in [-0.2, 0) is 0 Å². The van der Waals surface area contributed by atoms with Gasteiger partial charge in [-0.05, 0) is 54.8 Å². The van der Waals surface area contributed by atoms with E-state index in [0.717, 1.165) is 16.8 Å². The highest BCUT2D eigenvalue weighted by atomic mass is 35.5. The smallest absolute Gasteiger partial charge is 0.0812 e. The summed E-state index contributed by atoms with van der Waals surface area (Å²) in [6.07, 6.45) is -0.0861. The lowest BCUT2D eigenvalue weighted by molar-refractivity contribution is 0.160. The standard InChI is InChI=1S/C23H23Cl2NO/c1-15-6-8-17(9-7-15)23(27)14-22(18-10-11-20(24)21(25)13-18)26-19-5-3-4-16(2)12-19/h3-13,22-23,26-27H,14H2,1-2H3. The number of halogens is 2. The van der Waals surface area contributed by atoms with Crippen molar-refractivity contribution in [1.82, 2.24) is 0 Å². The molecule has 0 heterocycles. The number of aliphatic hydroxyl groups is 1. The highest BCUT2D eigenvalue weighted by Crippen LogP contribution is 2.33. The second kappa shape index (κ2) is 8.79. The molecule has 2 unspecified atom stereocenters. The van der Waals surface area contributed by atoms with Crippen LogP contribution in [-0.4, -0.2) is 5.11 Å². The Hall–Kier alpha value is -2.00. The van der Waals surface area contributed by atoms with Crippen LogP contribution in [0.2, 0.25) is 10.0 Å². The molecule has 2 nitrogen and oxygen atoms in total. The zero-order chi connectivity index (χ0) is 19.4. The third-order valence-electron chi connectivity index (χ3n) is 4.63. The average Bonchev–Trinajstić information content (AvgIpc) is 2.64. The highest BCUT2D eigenvalue weighted by molar-refractivity contribution is 6.42. The molecule has 0 saturated heterocycles. The zero-order valence-electron chi connectivity index (χ0n) is 15.4. The number of hydrogen-bond donors (Lipinski definition) is 2. The molecule has 0 aromatic heterocycles. The van der Waals surface area contributed by atoms with Gasteiger partial charge < -0.3 is 10.4 Å². The minimum Gasteiger partial charge on any atom is -0.388 e. The van der Waals surface area contributed by atoms with Crippen LogP contribution in [0.5, 0.6) is 0 Å². The van der Waals surface area contributed by atoms with E-state index in [0.29, 0.717) is 16.5 Å². The second-order valence-electron chi connectivity index (χ2n) is 6.90. The van der Waals surface area contributed by atoms with Gasteiger partial charge in [-0.25, -0.2) is 0 Å². The molecule has 0 fully saturated rings. The first-order valence-corrected chi connectivity index (χ1v) is 9.71. The first-order valence-electron chi connectivity index (χ1n) is 8.95. The van der Waals surface area contributed by atoms with Crippen molar-refractivity contribution in [1.29, 1.82) is 0 Å². The predicted molar refractivity (Wildman–Crippen MR) is 115 cm³/mol. The molecule has 140 valence electrons. The van der Waals surface area contributed by atoms with E-state index in [9.17, 15) is 5.11 Å². The summed E-state index contributed by atoms with van der Waals surface area (Å²) in [5.41, 5.74) is 5.23. The lowest BCUT2D eigenvalue weighted by atomic mass is 9.96. The molecule has 0 amide bonds. The number of hydrogen-bond acceptors (Lipinski definition) is 2. The molecule has 0 aliphatic carbocycles. The molecular formula is C23H23Cl2NO. The summed E-state index contributed by atoms with van der Waals surface area (Å²) < 4.78 is 0. The van der Waals surface area contributed by atoms with Crippen LogP contribution in [0, 0.1) is 13.8 Å². The molecule has 2 N–H and O–H groups in total. The molecular weight excluding hydrogens is 377 g/mol. The fourth-order valence-electron chi connectivity index (χ4n) is 3.09. The summed E-state index contributed by atoms with van der Waals surface area (Å²) in [5, 5.41) is 15.4. The van der Waals surface area contributed by atoms with Crippen LogP contribution in [0.15, 0.2) is 66.7 Å². The number of anilines is 1. The summed E-state index contributed by atoms with van der Waals surface area (Å²) >= 11 is 12.3. The number of aryl methyl sites for hydroxylation is 2. The van der Waals surface area contributed by atoms with Gasteiger partial charge in [0.15, 0.2) is 0 Å². The SMILES string of the molecule is Cc1ccc(C(O)CC(Nc2cccc(C)c2)c2ccc(Cl)c(Cl)c2)cc1. The Balaban J connectivity index is 1.88. The first-order chi connectivity index (χ1) is 12.9. The number of benzene rings is 3. The Morgan fingerprint density at radius 3 is 2.19 bits per heavy atom. The molecule has 2 atom stereocenters. The number of nitrogens with one attached hydrogen (secondary N) is 1. The minimum atomic E-state index is -0.595. The Labute approximate surface area is 170 Å². The average molecular weight is 400 g/mol. The van der Waals surface area contributed by atoms with Gasteiger partial charge in [-0.3, -0.25) is 0 Å². The van der Waals surface area contributed by atoms with Crippen molar-refractivity contribution in [3.63, 3.8) is 0 Å². The van der Waals surface area contributed by atoms with Crippen molar-refractivity contribution in [2.75, 3.05) is 5.32 Å². The monoisotopic (exact) mass is 399 g/mol. The van der Waals surface area contributed by atoms with Crippen molar-refractivity contribution >= 4 is 28.9 Å². The minimum absolute atomic E-state index is 0.113.